The number of hydrogen-bond donors (Lipinski definition) is 2. The van der Waals surface area contributed by atoms with Crippen molar-refractivity contribution < 1.29 is 16.8 Å². The average Bonchev–Trinajstić information content (AvgIpc) is 2.70. The standard InChI is InChI=1S/C20H27N3O4S2/c1-16-4-2-3-5-20(16)23-29(26,27)19-8-6-18(7-9-19)28(24,25)22-15-12-17-10-13-21-14-11-17/h6-11,13-14,16,20,22-23H,2-5,12,15H2,1H3/t16-,20+/m0/s1. The number of aromatic nitrogens is 1. The highest BCUT2D eigenvalue weighted by atomic mass is 32.2. The van der Waals surface area contributed by atoms with Gasteiger partial charge in [0.1, 0.15) is 0 Å². The molecule has 0 unspecified atom stereocenters. The fourth-order valence-corrected chi connectivity index (χ4v) is 5.93. The highest BCUT2D eigenvalue weighted by Gasteiger charge is 2.27. The summed E-state index contributed by atoms with van der Waals surface area (Å²) in [6, 6.07) is 8.91. The van der Waals surface area contributed by atoms with Gasteiger partial charge in [-0.05, 0) is 67.1 Å². The van der Waals surface area contributed by atoms with Gasteiger partial charge in [0.25, 0.3) is 0 Å². The van der Waals surface area contributed by atoms with E-state index in [2.05, 4.69) is 21.4 Å². The maximum Gasteiger partial charge on any atom is 0.240 e. The number of nitrogens with zero attached hydrogens (tertiary/aromatic N) is 1. The first-order valence-corrected chi connectivity index (χ1v) is 12.8. The highest BCUT2D eigenvalue weighted by molar-refractivity contribution is 7.90. The molecule has 1 heterocycles. The van der Waals surface area contributed by atoms with Gasteiger partial charge in [-0.3, -0.25) is 4.98 Å². The molecule has 1 fully saturated rings. The summed E-state index contributed by atoms with van der Waals surface area (Å²) in [6.07, 6.45) is 7.83. The van der Waals surface area contributed by atoms with Gasteiger partial charge in [-0.2, -0.15) is 0 Å². The Morgan fingerprint density at radius 1 is 0.897 bits per heavy atom. The van der Waals surface area contributed by atoms with Crippen LogP contribution >= 0.6 is 0 Å². The molecular weight excluding hydrogens is 410 g/mol. The molecule has 0 radical (unpaired) electrons. The van der Waals surface area contributed by atoms with Crippen LogP contribution < -0.4 is 9.44 Å². The molecule has 1 saturated carbocycles. The molecule has 1 aromatic heterocycles. The minimum absolute atomic E-state index is 0.0391. The summed E-state index contributed by atoms with van der Waals surface area (Å²) in [5.74, 6) is 0.294. The summed E-state index contributed by atoms with van der Waals surface area (Å²) in [5.41, 5.74) is 0.979. The Balaban J connectivity index is 1.63. The Morgan fingerprint density at radius 3 is 2.10 bits per heavy atom. The van der Waals surface area contributed by atoms with Crippen molar-refractivity contribution in [3.8, 4) is 0 Å². The van der Waals surface area contributed by atoms with Crippen molar-refractivity contribution in [3.63, 3.8) is 0 Å². The molecule has 3 rings (SSSR count). The van der Waals surface area contributed by atoms with E-state index in [1.54, 1.807) is 12.4 Å². The first-order valence-electron chi connectivity index (χ1n) is 9.79. The summed E-state index contributed by atoms with van der Waals surface area (Å²) in [4.78, 5) is 4.04. The third kappa shape index (κ3) is 5.85. The fourth-order valence-electron chi connectivity index (χ4n) is 3.52. The number of pyridine rings is 1. The van der Waals surface area contributed by atoms with E-state index >= 15 is 0 Å². The zero-order valence-electron chi connectivity index (χ0n) is 16.4. The van der Waals surface area contributed by atoms with Gasteiger partial charge < -0.3 is 0 Å². The van der Waals surface area contributed by atoms with Gasteiger partial charge in [0.05, 0.1) is 9.79 Å². The van der Waals surface area contributed by atoms with Crippen LogP contribution in [0.3, 0.4) is 0 Å². The van der Waals surface area contributed by atoms with Crippen LogP contribution in [-0.2, 0) is 26.5 Å². The van der Waals surface area contributed by atoms with Gasteiger partial charge in [-0.15, -0.1) is 0 Å². The maximum absolute atomic E-state index is 12.7. The van der Waals surface area contributed by atoms with E-state index in [0.717, 1.165) is 31.2 Å². The highest BCUT2D eigenvalue weighted by Crippen LogP contribution is 2.25. The predicted molar refractivity (Wildman–Crippen MR) is 111 cm³/mol. The summed E-state index contributed by atoms with van der Waals surface area (Å²) in [5, 5.41) is 0. The van der Waals surface area contributed by atoms with E-state index < -0.39 is 20.0 Å². The van der Waals surface area contributed by atoms with E-state index in [9.17, 15) is 16.8 Å². The lowest BCUT2D eigenvalue weighted by Crippen LogP contribution is -2.40. The lowest BCUT2D eigenvalue weighted by molar-refractivity contribution is 0.310. The molecule has 2 N–H and O–H groups in total. The van der Waals surface area contributed by atoms with E-state index in [1.165, 1.54) is 24.3 Å². The molecule has 158 valence electrons. The van der Waals surface area contributed by atoms with Crippen molar-refractivity contribution in [2.45, 2.75) is 54.9 Å². The van der Waals surface area contributed by atoms with Crippen LogP contribution in [0.2, 0.25) is 0 Å². The Hall–Kier alpha value is -1.81. The third-order valence-corrected chi connectivity index (χ3v) is 8.30. The molecule has 1 aliphatic rings. The number of rotatable bonds is 8. The topological polar surface area (TPSA) is 105 Å². The van der Waals surface area contributed by atoms with E-state index in [-0.39, 0.29) is 22.4 Å². The molecular formula is C20H27N3O4S2. The van der Waals surface area contributed by atoms with Gasteiger partial charge in [-0.25, -0.2) is 26.3 Å². The largest absolute Gasteiger partial charge is 0.265 e. The molecule has 29 heavy (non-hydrogen) atoms. The van der Waals surface area contributed by atoms with Crippen LogP contribution in [0.25, 0.3) is 0 Å². The number of hydrogen-bond acceptors (Lipinski definition) is 5. The molecule has 0 amide bonds. The van der Waals surface area contributed by atoms with Crippen molar-refractivity contribution in [1.82, 2.24) is 14.4 Å². The molecule has 0 spiro atoms. The zero-order valence-corrected chi connectivity index (χ0v) is 18.0. The number of sulfonamides is 2. The second kappa shape index (κ2) is 9.34. The SMILES string of the molecule is C[C@H]1CCCC[C@H]1NS(=O)(=O)c1ccc(S(=O)(=O)NCCc2ccncc2)cc1. The Kier molecular flexibility index (Phi) is 7.05. The molecule has 0 bridgehead atoms. The van der Waals surface area contributed by atoms with Crippen LogP contribution in [0.1, 0.15) is 38.2 Å². The number of benzene rings is 1. The lowest BCUT2D eigenvalue weighted by Gasteiger charge is -2.29. The lowest BCUT2D eigenvalue weighted by atomic mass is 9.87. The predicted octanol–water partition coefficient (Wildman–Crippen LogP) is 2.46. The summed E-state index contributed by atoms with van der Waals surface area (Å²) in [6.45, 7) is 2.30. The Labute approximate surface area is 173 Å². The molecule has 1 aromatic carbocycles. The molecule has 1 aliphatic carbocycles. The van der Waals surface area contributed by atoms with Crippen LogP contribution in [-0.4, -0.2) is 34.4 Å². The van der Waals surface area contributed by atoms with Crippen LogP contribution in [0.15, 0.2) is 58.6 Å². The smallest absolute Gasteiger partial charge is 0.240 e. The Bertz CT molecular complexity index is 1010. The molecule has 2 atom stereocenters. The van der Waals surface area contributed by atoms with E-state index in [1.807, 2.05) is 12.1 Å². The van der Waals surface area contributed by atoms with Crippen LogP contribution in [0.4, 0.5) is 0 Å². The second-order valence-electron chi connectivity index (χ2n) is 7.46. The van der Waals surface area contributed by atoms with Gasteiger partial charge >= 0.3 is 0 Å². The molecule has 9 heteroatoms. The number of nitrogens with one attached hydrogen (secondary N) is 2. The first kappa shape index (κ1) is 21.9. The van der Waals surface area contributed by atoms with Crippen molar-refractivity contribution >= 4 is 20.0 Å². The first-order chi connectivity index (χ1) is 13.8. The fraction of sp³-hybridized carbons (Fsp3) is 0.450. The van der Waals surface area contributed by atoms with Crippen molar-refractivity contribution in [1.29, 1.82) is 0 Å². The minimum Gasteiger partial charge on any atom is -0.265 e. The molecule has 7 nitrogen and oxygen atoms in total. The van der Waals surface area contributed by atoms with Crippen molar-refractivity contribution in [3.05, 3.63) is 54.4 Å². The molecule has 2 aromatic rings. The third-order valence-electron chi connectivity index (χ3n) is 5.32. The molecule has 0 aliphatic heterocycles. The van der Waals surface area contributed by atoms with Crippen LogP contribution in [0.5, 0.6) is 0 Å². The summed E-state index contributed by atoms with van der Waals surface area (Å²) < 4.78 is 55.5. The van der Waals surface area contributed by atoms with Crippen molar-refractivity contribution in [2.24, 2.45) is 5.92 Å². The van der Waals surface area contributed by atoms with E-state index in [4.69, 9.17) is 0 Å². The van der Waals surface area contributed by atoms with Gasteiger partial charge in [0.2, 0.25) is 20.0 Å². The Morgan fingerprint density at radius 2 is 1.48 bits per heavy atom. The normalized spacial score (nSPS) is 20.4. The quantitative estimate of drug-likeness (QED) is 0.660. The summed E-state index contributed by atoms with van der Waals surface area (Å²) >= 11 is 0. The van der Waals surface area contributed by atoms with E-state index in [0.29, 0.717) is 12.3 Å². The zero-order chi connectivity index (χ0) is 20.9. The van der Waals surface area contributed by atoms with Gasteiger partial charge in [0.15, 0.2) is 0 Å². The minimum atomic E-state index is -3.71. The average molecular weight is 438 g/mol. The van der Waals surface area contributed by atoms with Gasteiger partial charge in [-0.1, -0.05) is 19.8 Å². The summed E-state index contributed by atoms with van der Waals surface area (Å²) in [7, 11) is -7.39. The van der Waals surface area contributed by atoms with Crippen molar-refractivity contribution in [2.75, 3.05) is 6.54 Å². The second-order valence-corrected chi connectivity index (χ2v) is 10.9. The molecule has 0 saturated heterocycles. The van der Waals surface area contributed by atoms with Gasteiger partial charge in [0, 0.05) is 25.0 Å². The maximum atomic E-state index is 12.7. The van der Waals surface area contributed by atoms with Crippen LogP contribution in [0, 0.1) is 5.92 Å². The monoisotopic (exact) mass is 437 g/mol.